The van der Waals surface area contributed by atoms with Gasteiger partial charge in [0.2, 0.25) is 0 Å². The van der Waals surface area contributed by atoms with Gasteiger partial charge in [-0.05, 0) is 24.5 Å². The van der Waals surface area contributed by atoms with Gasteiger partial charge in [-0.15, -0.1) is 0 Å². The zero-order chi connectivity index (χ0) is 12.8. The van der Waals surface area contributed by atoms with E-state index >= 15 is 0 Å². The SMILES string of the molecule is CC(CF)CCn1cc(Oc2ccccc2)nn1. The van der Waals surface area contributed by atoms with Crippen molar-refractivity contribution in [3.63, 3.8) is 0 Å². The van der Waals surface area contributed by atoms with E-state index in [4.69, 9.17) is 4.74 Å². The summed E-state index contributed by atoms with van der Waals surface area (Å²) in [6.45, 7) is 2.22. The molecule has 96 valence electrons. The average Bonchev–Trinajstić information content (AvgIpc) is 2.85. The van der Waals surface area contributed by atoms with Crippen LogP contribution in [-0.4, -0.2) is 21.7 Å². The Morgan fingerprint density at radius 1 is 1.33 bits per heavy atom. The second-order valence-electron chi connectivity index (χ2n) is 4.28. The Morgan fingerprint density at radius 2 is 2.11 bits per heavy atom. The van der Waals surface area contributed by atoms with Crippen molar-refractivity contribution in [2.24, 2.45) is 5.92 Å². The van der Waals surface area contributed by atoms with Crippen molar-refractivity contribution in [2.45, 2.75) is 19.9 Å². The molecular weight excluding hydrogens is 233 g/mol. The molecule has 0 aliphatic rings. The minimum absolute atomic E-state index is 0.0488. The first-order chi connectivity index (χ1) is 8.78. The van der Waals surface area contributed by atoms with E-state index in [-0.39, 0.29) is 12.6 Å². The molecule has 0 N–H and O–H groups in total. The molecule has 0 fully saturated rings. The minimum atomic E-state index is -0.304. The fourth-order valence-corrected chi connectivity index (χ4v) is 1.48. The third-order valence-electron chi connectivity index (χ3n) is 2.60. The lowest BCUT2D eigenvalue weighted by atomic mass is 10.1. The molecule has 1 aromatic carbocycles. The predicted molar refractivity (Wildman–Crippen MR) is 66.3 cm³/mol. The standard InChI is InChI=1S/C13H16FN3O/c1-11(9-14)7-8-17-10-13(15-16-17)18-12-5-3-2-4-6-12/h2-6,10-11H,7-9H2,1H3. The van der Waals surface area contributed by atoms with E-state index in [9.17, 15) is 4.39 Å². The van der Waals surface area contributed by atoms with Crippen LogP contribution in [0.1, 0.15) is 13.3 Å². The molecule has 2 aromatic rings. The summed E-state index contributed by atoms with van der Waals surface area (Å²) in [6.07, 6.45) is 2.46. The zero-order valence-electron chi connectivity index (χ0n) is 10.3. The normalized spacial score (nSPS) is 12.3. The molecule has 0 spiro atoms. The first-order valence-corrected chi connectivity index (χ1v) is 5.97. The van der Waals surface area contributed by atoms with Gasteiger partial charge in [0, 0.05) is 6.54 Å². The molecule has 4 nitrogen and oxygen atoms in total. The van der Waals surface area contributed by atoms with Crippen LogP contribution in [0.15, 0.2) is 36.5 Å². The number of alkyl halides is 1. The molecule has 1 aromatic heterocycles. The smallest absolute Gasteiger partial charge is 0.258 e. The maximum atomic E-state index is 12.3. The molecule has 0 aliphatic heterocycles. The molecule has 0 bridgehead atoms. The van der Waals surface area contributed by atoms with Crippen LogP contribution in [0.3, 0.4) is 0 Å². The van der Waals surface area contributed by atoms with E-state index in [2.05, 4.69) is 10.3 Å². The number of hydrogen-bond acceptors (Lipinski definition) is 3. The first kappa shape index (κ1) is 12.5. The fourth-order valence-electron chi connectivity index (χ4n) is 1.48. The van der Waals surface area contributed by atoms with E-state index in [0.717, 1.165) is 12.2 Å². The van der Waals surface area contributed by atoms with Crippen LogP contribution in [0, 0.1) is 5.92 Å². The number of nitrogens with zero attached hydrogens (tertiary/aromatic N) is 3. The molecule has 0 saturated carbocycles. The Labute approximate surface area is 105 Å². The number of rotatable bonds is 6. The van der Waals surface area contributed by atoms with Gasteiger partial charge in [0.15, 0.2) is 0 Å². The number of halogens is 1. The van der Waals surface area contributed by atoms with Crippen molar-refractivity contribution < 1.29 is 9.13 Å². The van der Waals surface area contributed by atoms with Gasteiger partial charge < -0.3 is 4.74 Å². The van der Waals surface area contributed by atoms with Crippen molar-refractivity contribution in [3.8, 4) is 11.6 Å². The molecule has 0 amide bonds. The first-order valence-electron chi connectivity index (χ1n) is 5.97. The maximum Gasteiger partial charge on any atom is 0.258 e. The lowest BCUT2D eigenvalue weighted by Gasteiger charge is -2.04. The Morgan fingerprint density at radius 3 is 2.83 bits per heavy atom. The lowest BCUT2D eigenvalue weighted by Crippen LogP contribution is -2.05. The van der Waals surface area contributed by atoms with Gasteiger partial charge in [0.05, 0.1) is 12.9 Å². The summed E-state index contributed by atoms with van der Waals surface area (Å²) in [5, 5.41) is 7.85. The van der Waals surface area contributed by atoms with Crippen LogP contribution in [0.4, 0.5) is 4.39 Å². The van der Waals surface area contributed by atoms with Crippen LogP contribution in [0.5, 0.6) is 11.6 Å². The number of hydrogen-bond donors (Lipinski definition) is 0. The molecule has 5 heteroatoms. The number of benzene rings is 1. The molecular formula is C13H16FN3O. The summed E-state index contributed by atoms with van der Waals surface area (Å²) in [5.41, 5.74) is 0. The molecule has 1 unspecified atom stereocenters. The highest BCUT2D eigenvalue weighted by Gasteiger charge is 2.05. The maximum absolute atomic E-state index is 12.3. The van der Waals surface area contributed by atoms with E-state index in [1.54, 1.807) is 10.9 Å². The van der Waals surface area contributed by atoms with Crippen LogP contribution in [0.25, 0.3) is 0 Å². The lowest BCUT2D eigenvalue weighted by molar-refractivity contribution is 0.344. The Hall–Kier alpha value is -1.91. The topological polar surface area (TPSA) is 39.9 Å². The van der Waals surface area contributed by atoms with Crippen molar-refractivity contribution in [1.29, 1.82) is 0 Å². The molecule has 2 rings (SSSR count). The zero-order valence-corrected chi connectivity index (χ0v) is 10.3. The van der Waals surface area contributed by atoms with Crippen molar-refractivity contribution >= 4 is 0 Å². The number of aromatic nitrogens is 3. The third-order valence-corrected chi connectivity index (χ3v) is 2.60. The number of para-hydroxylation sites is 1. The highest BCUT2D eigenvalue weighted by atomic mass is 19.1. The van der Waals surface area contributed by atoms with Crippen LogP contribution in [0.2, 0.25) is 0 Å². The van der Waals surface area contributed by atoms with E-state index in [1.807, 2.05) is 37.3 Å². The summed E-state index contributed by atoms with van der Waals surface area (Å²) in [6, 6.07) is 9.40. The van der Waals surface area contributed by atoms with Gasteiger partial charge in [-0.1, -0.05) is 35.4 Å². The van der Waals surface area contributed by atoms with Crippen LogP contribution in [-0.2, 0) is 6.54 Å². The third kappa shape index (κ3) is 3.55. The fraction of sp³-hybridized carbons (Fsp3) is 0.385. The highest BCUT2D eigenvalue weighted by Crippen LogP contribution is 2.17. The van der Waals surface area contributed by atoms with Gasteiger partial charge >= 0.3 is 0 Å². The summed E-state index contributed by atoms with van der Waals surface area (Å²) < 4.78 is 19.5. The summed E-state index contributed by atoms with van der Waals surface area (Å²) in [5.74, 6) is 1.23. The van der Waals surface area contributed by atoms with E-state index in [1.165, 1.54) is 0 Å². The highest BCUT2D eigenvalue weighted by molar-refractivity contribution is 5.24. The summed E-state index contributed by atoms with van der Waals surface area (Å²) in [7, 11) is 0. The Kier molecular flexibility index (Phi) is 4.28. The van der Waals surface area contributed by atoms with E-state index in [0.29, 0.717) is 12.4 Å². The van der Waals surface area contributed by atoms with Gasteiger partial charge in [-0.25, -0.2) is 4.68 Å². The average molecular weight is 249 g/mol. The quantitative estimate of drug-likeness (QED) is 0.790. The predicted octanol–water partition coefficient (Wildman–Crippen LogP) is 3.07. The monoisotopic (exact) mass is 249 g/mol. The second-order valence-corrected chi connectivity index (χ2v) is 4.28. The summed E-state index contributed by atoms with van der Waals surface area (Å²) >= 11 is 0. The second kappa shape index (κ2) is 6.14. The van der Waals surface area contributed by atoms with Crippen molar-refractivity contribution in [3.05, 3.63) is 36.5 Å². The van der Waals surface area contributed by atoms with Crippen LogP contribution < -0.4 is 4.74 Å². The molecule has 0 radical (unpaired) electrons. The Balaban J connectivity index is 1.90. The number of aryl methyl sites for hydroxylation is 1. The van der Waals surface area contributed by atoms with Crippen molar-refractivity contribution in [2.75, 3.05) is 6.67 Å². The Bertz CT molecular complexity index is 472. The summed E-state index contributed by atoms with van der Waals surface area (Å²) in [4.78, 5) is 0. The largest absolute Gasteiger partial charge is 0.436 e. The molecule has 18 heavy (non-hydrogen) atoms. The van der Waals surface area contributed by atoms with Gasteiger partial charge in [0.1, 0.15) is 5.75 Å². The van der Waals surface area contributed by atoms with E-state index < -0.39 is 0 Å². The van der Waals surface area contributed by atoms with Gasteiger partial charge in [-0.2, -0.15) is 0 Å². The molecule has 0 aliphatic carbocycles. The van der Waals surface area contributed by atoms with Gasteiger partial charge in [-0.3, -0.25) is 4.39 Å². The van der Waals surface area contributed by atoms with Gasteiger partial charge in [0.25, 0.3) is 5.88 Å². The molecule has 1 atom stereocenters. The van der Waals surface area contributed by atoms with Crippen molar-refractivity contribution in [1.82, 2.24) is 15.0 Å². The molecule has 0 saturated heterocycles. The van der Waals surface area contributed by atoms with Crippen LogP contribution >= 0.6 is 0 Å². The minimum Gasteiger partial charge on any atom is -0.436 e. The number of ether oxygens (including phenoxy) is 1. The molecule has 1 heterocycles.